The van der Waals surface area contributed by atoms with Gasteiger partial charge >= 0.3 is 5.97 Å². The molecule has 0 saturated heterocycles. The first kappa shape index (κ1) is 24.1. The summed E-state index contributed by atoms with van der Waals surface area (Å²) < 4.78 is 5.12. The third kappa shape index (κ3) is 13.4. The monoisotopic (exact) mass is 362 g/mol. The summed E-state index contributed by atoms with van der Waals surface area (Å²) in [7, 11) is 0. The van der Waals surface area contributed by atoms with E-state index in [4.69, 9.17) is 4.74 Å². The Morgan fingerprint density at radius 1 is 1.00 bits per heavy atom. The average molecular weight is 363 g/mol. The van der Waals surface area contributed by atoms with E-state index in [-0.39, 0.29) is 5.97 Å². The third-order valence-corrected chi connectivity index (χ3v) is 3.99. The van der Waals surface area contributed by atoms with Crippen LogP contribution in [0.5, 0.6) is 0 Å². The zero-order valence-corrected chi connectivity index (χ0v) is 16.9. The minimum absolute atomic E-state index is 0.291. The Labute approximate surface area is 158 Å². The molecule has 4 heteroatoms. The molecule has 0 unspecified atom stereocenters. The number of aliphatic hydroxyl groups excluding tert-OH is 1. The summed E-state index contributed by atoms with van der Waals surface area (Å²) in [6.07, 6.45) is 11.9. The molecule has 0 aliphatic carbocycles. The van der Waals surface area contributed by atoms with Crippen LogP contribution in [-0.4, -0.2) is 30.1 Å². The highest BCUT2D eigenvalue weighted by Gasteiger charge is 2.05. The third-order valence-electron chi connectivity index (χ3n) is 3.99. The summed E-state index contributed by atoms with van der Waals surface area (Å²) in [5.41, 5.74) is 4.24. The molecule has 0 radical (unpaired) electrons. The zero-order chi connectivity index (χ0) is 19.9. The molecule has 0 heterocycles. The van der Waals surface area contributed by atoms with Crippen LogP contribution in [-0.2, 0) is 14.3 Å². The standard InChI is InChI=1S/C22H34O4/c1-17(2)12-13-22(25)19(4)9-7-11-21(16-26-20(5)24)10-6-8-18(3)14-15-23/h9-10,12,14-15,22,25H,6-8,11,13,16H2,1-5H3/b18-14+,19-9+,21-10-/t22-/m1/s1. The van der Waals surface area contributed by atoms with Crippen LogP contribution in [0.4, 0.5) is 0 Å². The maximum Gasteiger partial charge on any atom is 0.302 e. The van der Waals surface area contributed by atoms with Gasteiger partial charge in [0.15, 0.2) is 0 Å². The highest BCUT2D eigenvalue weighted by molar-refractivity contribution is 5.66. The molecule has 4 nitrogen and oxygen atoms in total. The van der Waals surface area contributed by atoms with Crippen LogP contribution in [0.1, 0.15) is 66.7 Å². The van der Waals surface area contributed by atoms with E-state index >= 15 is 0 Å². The van der Waals surface area contributed by atoms with Crippen LogP contribution in [0.25, 0.3) is 0 Å². The number of hydrogen-bond donors (Lipinski definition) is 1. The number of rotatable bonds is 12. The van der Waals surface area contributed by atoms with Gasteiger partial charge in [-0.3, -0.25) is 9.59 Å². The zero-order valence-electron chi connectivity index (χ0n) is 16.9. The van der Waals surface area contributed by atoms with Crippen molar-refractivity contribution in [2.75, 3.05) is 6.61 Å². The number of aldehydes is 1. The Morgan fingerprint density at radius 3 is 2.23 bits per heavy atom. The topological polar surface area (TPSA) is 63.6 Å². The van der Waals surface area contributed by atoms with Gasteiger partial charge in [0.05, 0.1) is 6.10 Å². The van der Waals surface area contributed by atoms with Crippen molar-refractivity contribution < 1.29 is 19.4 Å². The molecule has 0 fully saturated rings. The Balaban J connectivity index is 4.68. The van der Waals surface area contributed by atoms with E-state index in [0.29, 0.717) is 13.0 Å². The Morgan fingerprint density at radius 2 is 1.65 bits per heavy atom. The molecule has 0 amide bonds. The Hall–Kier alpha value is -1.94. The summed E-state index contributed by atoms with van der Waals surface area (Å²) in [5, 5.41) is 10.1. The van der Waals surface area contributed by atoms with Crippen molar-refractivity contribution in [1.29, 1.82) is 0 Å². The summed E-state index contributed by atoms with van der Waals surface area (Å²) in [4.78, 5) is 21.5. The van der Waals surface area contributed by atoms with Gasteiger partial charge in [0.25, 0.3) is 0 Å². The fourth-order valence-corrected chi connectivity index (χ4v) is 2.29. The lowest BCUT2D eigenvalue weighted by Crippen LogP contribution is -2.07. The van der Waals surface area contributed by atoms with Crippen molar-refractivity contribution in [3.63, 3.8) is 0 Å². The van der Waals surface area contributed by atoms with Crippen LogP contribution < -0.4 is 0 Å². The second-order valence-electron chi connectivity index (χ2n) is 6.85. The number of ether oxygens (including phenoxy) is 1. The highest BCUT2D eigenvalue weighted by atomic mass is 16.5. The van der Waals surface area contributed by atoms with Gasteiger partial charge in [-0.05, 0) is 77.0 Å². The van der Waals surface area contributed by atoms with Gasteiger partial charge in [0.2, 0.25) is 0 Å². The van der Waals surface area contributed by atoms with Gasteiger partial charge in [-0.15, -0.1) is 0 Å². The average Bonchev–Trinajstić information content (AvgIpc) is 2.56. The number of carbonyl (C=O) groups excluding carboxylic acids is 2. The van der Waals surface area contributed by atoms with Gasteiger partial charge in [0.1, 0.15) is 12.9 Å². The molecule has 0 aromatic heterocycles. The molecule has 0 aliphatic rings. The van der Waals surface area contributed by atoms with Crippen molar-refractivity contribution in [3.8, 4) is 0 Å². The second kappa shape index (κ2) is 14.3. The lowest BCUT2D eigenvalue weighted by atomic mass is 10.0. The quantitative estimate of drug-likeness (QED) is 0.233. The maximum absolute atomic E-state index is 11.1. The molecule has 0 aliphatic heterocycles. The summed E-state index contributed by atoms with van der Waals surface area (Å²) >= 11 is 0. The first-order chi connectivity index (χ1) is 12.3. The number of hydrogen-bond acceptors (Lipinski definition) is 4. The number of esters is 1. The van der Waals surface area contributed by atoms with Gasteiger partial charge in [0, 0.05) is 6.92 Å². The van der Waals surface area contributed by atoms with Crippen molar-refractivity contribution >= 4 is 12.3 Å². The van der Waals surface area contributed by atoms with Gasteiger partial charge in [-0.1, -0.05) is 29.4 Å². The number of allylic oxidation sites excluding steroid dienone is 5. The first-order valence-corrected chi connectivity index (χ1v) is 9.16. The Kier molecular flexibility index (Phi) is 13.2. The molecule has 0 aromatic carbocycles. The molecule has 0 spiro atoms. The molecule has 146 valence electrons. The predicted molar refractivity (Wildman–Crippen MR) is 107 cm³/mol. The van der Waals surface area contributed by atoms with Crippen LogP contribution >= 0.6 is 0 Å². The smallest absolute Gasteiger partial charge is 0.302 e. The largest absolute Gasteiger partial charge is 0.461 e. The van der Waals surface area contributed by atoms with E-state index < -0.39 is 6.10 Å². The van der Waals surface area contributed by atoms with Crippen molar-refractivity contribution in [2.45, 2.75) is 72.8 Å². The number of aliphatic hydroxyl groups is 1. The Bertz CT molecular complexity index is 561. The molecule has 0 aromatic rings. The predicted octanol–water partition coefficient (Wildman–Crippen LogP) is 4.85. The van der Waals surface area contributed by atoms with Gasteiger partial charge < -0.3 is 9.84 Å². The van der Waals surface area contributed by atoms with E-state index in [2.05, 4.69) is 6.08 Å². The van der Waals surface area contributed by atoms with Crippen molar-refractivity contribution in [3.05, 3.63) is 46.6 Å². The molecule has 1 atom stereocenters. The molecule has 1 N–H and O–H groups in total. The van der Waals surface area contributed by atoms with Crippen molar-refractivity contribution in [2.24, 2.45) is 0 Å². The lowest BCUT2D eigenvalue weighted by Gasteiger charge is -2.11. The molecule has 0 rings (SSSR count). The van der Waals surface area contributed by atoms with Gasteiger partial charge in [-0.25, -0.2) is 0 Å². The maximum atomic E-state index is 11.1. The van der Waals surface area contributed by atoms with Crippen LogP contribution in [0.3, 0.4) is 0 Å². The minimum Gasteiger partial charge on any atom is -0.461 e. The van der Waals surface area contributed by atoms with E-state index in [0.717, 1.165) is 48.7 Å². The van der Waals surface area contributed by atoms with Crippen LogP contribution in [0.2, 0.25) is 0 Å². The molecule has 0 saturated carbocycles. The highest BCUT2D eigenvalue weighted by Crippen LogP contribution is 2.15. The molecular weight excluding hydrogens is 328 g/mol. The first-order valence-electron chi connectivity index (χ1n) is 9.16. The summed E-state index contributed by atoms with van der Waals surface area (Å²) in [6, 6.07) is 0. The van der Waals surface area contributed by atoms with E-state index in [1.807, 2.05) is 39.8 Å². The van der Waals surface area contributed by atoms with E-state index in [1.54, 1.807) is 6.08 Å². The molecule has 0 bridgehead atoms. The van der Waals surface area contributed by atoms with E-state index in [1.165, 1.54) is 12.5 Å². The van der Waals surface area contributed by atoms with E-state index in [9.17, 15) is 14.7 Å². The fourth-order valence-electron chi connectivity index (χ4n) is 2.29. The van der Waals surface area contributed by atoms with Crippen LogP contribution in [0.15, 0.2) is 46.6 Å². The SMILES string of the molecule is CC(=O)OC/C(=C\CC/C(C)=C/C=O)CC/C=C(\C)[C@H](O)CC=C(C)C. The lowest BCUT2D eigenvalue weighted by molar-refractivity contribution is -0.140. The number of carbonyl (C=O) groups is 2. The second-order valence-corrected chi connectivity index (χ2v) is 6.85. The fraction of sp³-hybridized carbons (Fsp3) is 0.545. The normalized spacial score (nSPS) is 14.0. The van der Waals surface area contributed by atoms with Gasteiger partial charge in [-0.2, -0.15) is 0 Å². The summed E-state index contributed by atoms with van der Waals surface area (Å²) in [5.74, 6) is -0.295. The summed E-state index contributed by atoms with van der Waals surface area (Å²) in [6.45, 7) is 9.59. The van der Waals surface area contributed by atoms with Crippen LogP contribution in [0, 0.1) is 0 Å². The molecule has 26 heavy (non-hydrogen) atoms. The minimum atomic E-state index is -0.457. The van der Waals surface area contributed by atoms with Crippen molar-refractivity contribution in [1.82, 2.24) is 0 Å². The molecular formula is C22H34O4.